The first-order chi connectivity index (χ1) is 9.63. The Balaban J connectivity index is 2.26. The topological polar surface area (TPSA) is 21.3 Å². The minimum absolute atomic E-state index is 0.290. The van der Waals surface area contributed by atoms with E-state index in [9.17, 15) is 0 Å². The van der Waals surface area contributed by atoms with Crippen LogP contribution in [-0.4, -0.2) is 14.2 Å². The van der Waals surface area contributed by atoms with E-state index < -0.39 is 0 Å². The molecule has 3 heteroatoms. The normalized spacial score (nSPS) is 12.2. The largest absolute Gasteiger partial charge is 0.497 e. The van der Waals surface area contributed by atoms with E-state index in [2.05, 4.69) is 58.5 Å². The van der Waals surface area contributed by atoms with E-state index in [1.165, 1.54) is 16.7 Å². The number of hydrogen-bond donors (Lipinski definition) is 1. The van der Waals surface area contributed by atoms with Crippen molar-refractivity contribution < 1.29 is 4.74 Å². The quantitative estimate of drug-likeness (QED) is 0.882. The van der Waals surface area contributed by atoms with E-state index in [1.54, 1.807) is 7.11 Å². The number of benzene rings is 2. The molecule has 2 rings (SSSR count). The van der Waals surface area contributed by atoms with Crippen LogP contribution in [0.5, 0.6) is 5.75 Å². The van der Waals surface area contributed by atoms with Crippen LogP contribution in [0.15, 0.2) is 46.9 Å². The van der Waals surface area contributed by atoms with Crippen LogP contribution in [-0.2, 0) is 6.42 Å². The summed E-state index contributed by atoms with van der Waals surface area (Å²) in [7, 11) is 3.70. The molecule has 0 saturated carbocycles. The van der Waals surface area contributed by atoms with Crippen molar-refractivity contribution >= 4 is 15.9 Å². The van der Waals surface area contributed by atoms with Crippen molar-refractivity contribution in [3.8, 4) is 5.75 Å². The zero-order valence-electron chi connectivity index (χ0n) is 12.1. The Morgan fingerprint density at radius 3 is 2.65 bits per heavy atom. The van der Waals surface area contributed by atoms with E-state index in [-0.39, 0.29) is 0 Å². The van der Waals surface area contributed by atoms with Gasteiger partial charge in [0.25, 0.3) is 0 Å². The summed E-state index contributed by atoms with van der Waals surface area (Å²) < 4.78 is 6.43. The lowest BCUT2D eigenvalue weighted by Crippen LogP contribution is -2.19. The Morgan fingerprint density at radius 2 is 2.00 bits per heavy atom. The average Bonchev–Trinajstić information content (AvgIpc) is 2.46. The van der Waals surface area contributed by atoms with Gasteiger partial charge in [-0.1, -0.05) is 45.8 Å². The Hall–Kier alpha value is -1.32. The summed E-state index contributed by atoms with van der Waals surface area (Å²) in [5.41, 5.74) is 3.83. The second-order valence-corrected chi connectivity index (χ2v) is 5.77. The van der Waals surface area contributed by atoms with Crippen LogP contribution in [0, 0.1) is 6.92 Å². The van der Waals surface area contributed by atoms with Gasteiger partial charge in [0.05, 0.1) is 7.11 Å². The first kappa shape index (κ1) is 15.1. The highest BCUT2D eigenvalue weighted by Gasteiger charge is 2.13. The number of hydrogen-bond acceptors (Lipinski definition) is 2. The van der Waals surface area contributed by atoms with Crippen LogP contribution in [0.1, 0.15) is 22.7 Å². The van der Waals surface area contributed by atoms with E-state index in [4.69, 9.17) is 4.74 Å². The number of ether oxygens (including phenoxy) is 1. The molecule has 0 saturated heterocycles. The minimum Gasteiger partial charge on any atom is -0.497 e. The van der Waals surface area contributed by atoms with E-state index in [1.807, 2.05) is 19.2 Å². The van der Waals surface area contributed by atoms with E-state index in [0.717, 1.165) is 16.6 Å². The summed E-state index contributed by atoms with van der Waals surface area (Å²) in [6, 6.07) is 15.0. The average molecular weight is 334 g/mol. The number of nitrogens with one attached hydrogen (secondary N) is 1. The number of methoxy groups -OCH3 is 1. The van der Waals surface area contributed by atoms with Gasteiger partial charge in [0.2, 0.25) is 0 Å². The lowest BCUT2D eigenvalue weighted by Gasteiger charge is -2.18. The van der Waals surface area contributed by atoms with Gasteiger partial charge in [-0.2, -0.15) is 0 Å². The fourth-order valence-electron chi connectivity index (χ4n) is 2.33. The highest BCUT2D eigenvalue weighted by Crippen LogP contribution is 2.27. The van der Waals surface area contributed by atoms with Gasteiger partial charge >= 0.3 is 0 Å². The fraction of sp³-hybridized carbons (Fsp3) is 0.294. The summed E-state index contributed by atoms with van der Waals surface area (Å²) >= 11 is 3.62. The highest BCUT2D eigenvalue weighted by atomic mass is 79.9. The fourth-order valence-corrected chi connectivity index (χ4v) is 2.74. The Labute approximate surface area is 129 Å². The highest BCUT2D eigenvalue weighted by molar-refractivity contribution is 9.10. The van der Waals surface area contributed by atoms with Crippen molar-refractivity contribution in [2.45, 2.75) is 19.4 Å². The number of aryl methyl sites for hydroxylation is 1. The molecule has 106 valence electrons. The zero-order valence-corrected chi connectivity index (χ0v) is 13.7. The Morgan fingerprint density at radius 1 is 1.20 bits per heavy atom. The molecular weight excluding hydrogens is 314 g/mol. The molecule has 0 spiro atoms. The van der Waals surface area contributed by atoms with Gasteiger partial charge < -0.3 is 10.1 Å². The van der Waals surface area contributed by atoms with Gasteiger partial charge in [0, 0.05) is 10.5 Å². The maximum atomic E-state index is 5.31. The molecule has 2 aromatic carbocycles. The van der Waals surface area contributed by atoms with Crippen molar-refractivity contribution in [2.75, 3.05) is 14.2 Å². The monoisotopic (exact) mass is 333 g/mol. The van der Waals surface area contributed by atoms with Crippen LogP contribution in [0.3, 0.4) is 0 Å². The summed E-state index contributed by atoms with van der Waals surface area (Å²) in [6.45, 7) is 2.12. The van der Waals surface area contributed by atoms with Crippen LogP contribution in [0.4, 0.5) is 0 Å². The first-order valence-electron chi connectivity index (χ1n) is 6.70. The summed E-state index contributed by atoms with van der Waals surface area (Å²) in [5.74, 6) is 0.891. The second kappa shape index (κ2) is 6.91. The lowest BCUT2D eigenvalue weighted by atomic mass is 9.97. The summed E-state index contributed by atoms with van der Waals surface area (Å²) in [5, 5.41) is 3.40. The first-order valence-corrected chi connectivity index (χ1v) is 7.49. The van der Waals surface area contributed by atoms with Gasteiger partial charge in [-0.3, -0.25) is 0 Å². The van der Waals surface area contributed by atoms with E-state index in [0.29, 0.717) is 6.04 Å². The predicted octanol–water partition coefficient (Wildman–Crippen LogP) is 4.27. The molecule has 1 atom stereocenters. The van der Waals surface area contributed by atoms with Crippen LogP contribution in [0.25, 0.3) is 0 Å². The van der Waals surface area contributed by atoms with Gasteiger partial charge in [-0.15, -0.1) is 0 Å². The van der Waals surface area contributed by atoms with Crippen LogP contribution >= 0.6 is 15.9 Å². The van der Waals surface area contributed by atoms with Gasteiger partial charge in [0.15, 0.2) is 0 Å². The van der Waals surface area contributed by atoms with Gasteiger partial charge in [-0.25, -0.2) is 0 Å². The number of rotatable bonds is 5. The Bertz CT molecular complexity index is 583. The maximum absolute atomic E-state index is 5.31. The zero-order chi connectivity index (χ0) is 14.5. The molecule has 0 amide bonds. The molecule has 0 aliphatic heterocycles. The third-order valence-corrected chi connectivity index (χ3v) is 4.24. The molecule has 2 aromatic rings. The van der Waals surface area contributed by atoms with Crippen molar-refractivity contribution in [3.63, 3.8) is 0 Å². The molecule has 1 unspecified atom stereocenters. The van der Waals surface area contributed by atoms with E-state index >= 15 is 0 Å². The third-order valence-electron chi connectivity index (χ3n) is 3.47. The third kappa shape index (κ3) is 3.62. The summed E-state index contributed by atoms with van der Waals surface area (Å²) in [4.78, 5) is 0. The summed E-state index contributed by atoms with van der Waals surface area (Å²) in [6.07, 6.45) is 0.914. The molecular formula is C17H20BrNO. The number of halogens is 1. The number of likely N-dealkylation sites (N-methyl/N-ethyl adjacent to an activating group) is 1. The standard InChI is InChI=1S/C17H20BrNO/c1-12-5-4-6-13(9-12)17(19-2)11-14-10-15(20-3)7-8-16(14)18/h4-10,17,19H,11H2,1-3H3. The van der Waals surface area contributed by atoms with Crippen molar-refractivity contribution in [2.24, 2.45) is 0 Å². The SMILES string of the molecule is CNC(Cc1cc(OC)ccc1Br)c1cccc(C)c1. The molecule has 0 aromatic heterocycles. The molecule has 0 aliphatic carbocycles. The predicted molar refractivity (Wildman–Crippen MR) is 87.4 cm³/mol. The van der Waals surface area contributed by atoms with Crippen LogP contribution < -0.4 is 10.1 Å². The maximum Gasteiger partial charge on any atom is 0.119 e. The minimum atomic E-state index is 0.290. The van der Waals surface area contributed by atoms with Crippen molar-refractivity contribution in [1.29, 1.82) is 0 Å². The molecule has 0 bridgehead atoms. The molecule has 1 N–H and O–H groups in total. The lowest BCUT2D eigenvalue weighted by molar-refractivity contribution is 0.414. The van der Waals surface area contributed by atoms with Crippen molar-refractivity contribution in [1.82, 2.24) is 5.32 Å². The van der Waals surface area contributed by atoms with Gasteiger partial charge in [0.1, 0.15) is 5.75 Å². The Kier molecular flexibility index (Phi) is 5.21. The molecule has 20 heavy (non-hydrogen) atoms. The van der Waals surface area contributed by atoms with Gasteiger partial charge in [-0.05, 0) is 49.7 Å². The van der Waals surface area contributed by atoms with Crippen LogP contribution in [0.2, 0.25) is 0 Å². The van der Waals surface area contributed by atoms with Crippen molar-refractivity contribution in [3.05, 3.63) is 63.6 Å². The molecule has 0 fully saturated rings. The molecule has 0 radical (unpaired) electrons. The molecule has 0 aliphatic rings. The molecule has 2 nitrogen and oxygen atoms in total. The smallest absolute Gasteiger partial charge is 0.119 e. The molecule has 0 heterocycles. The second-order valence-electron chi connectivity index (χ2n) is 4.92.